The summed E-state index contributed by atoms with van der Waals surface area (Å²) >= 11 is 0. The van der Waals surface area contributed by atoms with Crippen molar-refractivity contribution in [3.05, 3.63) is 54.4 Å². The highest BCUT2D eigenvalue weighted by Crippen LogP contribution is 2.45. The van der Waals surface area contributed by atoms with Gasteiger partial charge in [0, 0.05) is 44.0 Å². The van der Waals surface area contributed by atoms with Crippen molar-refractivity contribution in [2.45, 2.75) is 46.7 Å². The van der Waals surface area contributed by atoms with E-state index in [9.17, 15) is 0 Å². The first-order valence-electron chi connectivity index (χ1n) is 9.86. The molecule has 26 heavy (non-hydrogen) atoms. The Morgan fingerprint density at radius 1 is 1.19 bits per heavy atom. The lowest BCUT2D eigenvalue weighted by Crippen LogP contribution is -2.47. The Morgan fingerprint density at radius 2 is 1.96 bits per heavy atom. The molecule has 1 aliphatic rings. The van der Waals surface area contributed by atoms with Crippen molar-refractivity contribution in [2.75, 3.05) is 26.2 Å². The van der Waals surface area contributed by atoms with Gasteiger partial charge < -0.3 is 5.32 Å². The van der Waals surface area contributed by atoms with Gasteiger partial charge in [0.2, 0.25) is 0 Å². The van der Waals surface area contributed by atoms with Crippen LogP contribution < -0.4 is 5.32 Å². The highest BCUT2D eigenvalue weighted by Gasteiger charge is 2.46. The monoisotopic (exact) mass is 354 g/mol. The van der Waals surface area contributed by atoms with E-state index in [-0.39, 0.29) is 5.41 Å². The standard InChI is InChI=1S/C22H34N4/c1-19(26-13-8-12-24-26)15-23-17-22(21(2,3)4)11-14-25(18-22)16-20-9-6-5-7-10-20/h5-10,12-13,19,23H,11,14-18H2,1-4H3. The number of benzene rings is 1. The molecule has 2 atom stereocenters. The second-order valence-corrected chi connectivity index (χ2v) is 8.94. The van der Waals surface area contributed by atoms with Gasteiger partial charge >= 0.3 is 0 Å². The second-order valence-electron chi connectivity index (χ2n) is 8.94. The molecule has 1 aromatic heterocycles. The lowest BCUT2D eigenvalue weighted by Gasteiger charge is -2.42. The maximum absolute atomic E-state index is 4.36. The summed E-state index contributed by atoms with van der Waals surface area (Å²) in [6.07, 6.45) is 5.15. The molecule has 1 aliphatic heterocycles. The molecule has 0 bridgehead atoms. The van der Waals surface area contributed by atoms with Crippen LogP contribution in [0, 0.1) is 10.8 Å². The quantitative estimate of drug-likeness (QED) is 0.817. The molecule has 3 rings (SSSR count). The zero-order chi connectivity index (χ0) is 18.6. The van der Waals surface area contributed by atoms with Crippen LogP contribution in [0.1, 0.15) is 45.7 Å². The average Bonchev–Trinajstić information content (AvgIpc) is 3.26. The number of hydrogen-bond acceptors (Lipinski definition) is 3. The lowest BCUT2D eigenvalue weighted by atomic mass is 9.66. The maximum atomic E-state index is 4.36. The molecule has 2 unspecified atom stereocenters. The Balaban J connectivity index is 1.59. The largest absolute Gasteiger partial charge is 0.314 e. The molecule has 0 amide bonds. The Hall–Kier alpha value is -1.65. The third kappa shape index (κ3) is 4.36. The van der Waals surface area contributed by atoms with E-state index in [2.05, 4.69) is 73.3 Å². The van der Waals surface area contributed by atoms with Crippen LogP contribution in [0.4, 0.5) is 0 Å². The number of likely N-dealkylation sites (tertiary alicyclic amines) is 1. The minimum absolute atomic E-state index is 0.278. The Labute approximate surface area is 158 Å². The Bertz CT molecular complexity index is 659. The Morgan fingerprint density at radius 3 is 2.62 bits per heavy atom. The zero-order valence-electron chi connectivity index (χ0n) is 16.8. The van der Waals surface area contributed by atoms with Crippen LogP contribution in [0.2, 0.25) is 0 Å². The predicted molar refractivity (Wildman–Crippen MR) is 108 cm³/mol. The second kappa shape index (κ2) is 7.93. The molecule has 1 saturated heterocycles. The lowest BCUT2D eigenvalue weighted by molar-refractivity contribution is 0.0889. The number of nitrogens with one attached hydrogen (secondary N) is 1. The van der Waals surface area contributed by atoms with Crippen LogP contribution in [0.5, 0.6) is 0 Å². The topological polar surface area (TPSA) is 33.1 Å². The van der Waals surface area contributed by atoms with Crippen molar-refractivity contribution < 1.29 is 0 Å². The molecule has 0 spiro atoms. The van der Waals surface area contributed by atoms with Gasteiger partial charge in [0.05, 0.1) is 6.04 Å². The van der Waals surface area contributed by atoms with E-state index in [0.717, 1.165) is 26.2 Å². The molecule has 1 aromatic carbocycles. The first-order chi connectivity index (χ1) is 12.4. The van der Waals surface area contributed by atoms with Gasteiger partial charge in [-0.3, -0.25) is 9.58 Å². The molecule has 0 radical (unpaired) electrons. The van der Waals surface area contributed by atoms with Gasteiger partial charge in [0.25, 0.3) is 0 Å². The summed E-state index contributed by atoms with van der Waals surface area (Å²) in [5.74, 6) is 0. The summed E-state index contributed by atoms with van der Waals surface area (Å²) < 4.78 is 2.03. The smallest absolute Gasteiger partial charge is 0.0615 e. The normalized spacial score (nSPS) is 22.6. The molecule has 142 valence electrons. The molecule has 4 nitrogen and oxygen atoms in total. The molecule has 0 aliphatic carbocycles. The van der Waals surface area contributed by atoms with Gasteiger partial charge in [-0.25, -0.2) is 0 Å². The van der Waals surface area contributed by atoms with E-state index in [1.807, 2.05) is 23.1 Å². The predicted octanol–water partition coefficient (Wildman–Crippen LogP) is 3.97. The molecule has 0 saturated carbocycles. The first kappa shape index (κ1) is 19.1. The van der Waals surface area contributed by atoms with E-state index in [0.29, 0.717) is 11.5 Å². The molecule has 1 fully saturated rings. The Kier molecular flexibility index (Phi) is 5.83. The third-order valence-electron chi connectivity index (χ3n) is 6.15. The van der Waals surface area contributed by atoms with Crippen LogP contribution in [0.15, 0.2) is 48.8 Å². The van der Waals surface area contributed by atoms with Gasteiger partial charge in [0.1, 0.15) is 0 Å². The maximum Gasteiger partial charge on any atom is 0.0615 e. The first-order valence-corrected chi connectivity index (χ1v) is 9.86. The van der Waals surface area contributed by atoms with Crippen molar-refractivity contribution in [1.82, 2.24) is 20.0 Å². The molecule has 2 aromatic rings. The minimum Gasteiger partial charge on any atom is -0.314 e. The van der Waals surface area contributed by atoms with Gasteiger partial charge in [-0.05, 0) is 36.9 Å². The van der Waals surface area contributed by atoms with Gasteiger partial charge in [-0.1, -0.05) is 51.1 Å². The zero-order valence-corrected chi connectivity index (χ0v) is 16.8. The summed E-state index contributed by atoms with van der Waals surface area (Å²) in [6.45, 7) is 14.8. The van der Waals surface area contributed by atoms with Crippen molar-refractivity contribution >= 4 is 0 Å². The SMILES string of the molecule is CC(CNCC1(C(C)(C)C)CCN(Cc2ccccc2)C1)n1cccn1. The highest BCUT2D eigenvalue weighted by molar-refractivity contribution is 5.15. The average molecular weight is 355 g/mol. The van der Waals surface area contributed by atoms with Crippen LogP contribution in [0.25, 0.3) is 0 Å². The fourth-order valence-electron chi connectivity index (χ4n) is 4.11. The summed E-state index contributed by atoms with van der Waals surface area (Å²) in [4.78, 5) is 2.62. The van der Waals surface area contributed by atoms with E-state index in [4.69, 9.17) is 0 Å². The van der Waals surface area contributed by atoms with Gasteiger partial charge in [-0.2, -0.15) is 5.10 Å². The number of aromatic nitrogens is 2. The highest BCUT2D eigenvalue weighted by atomic mass is 15.3. The van der Waals surface area contributed by atoms with E-state index in [1.54, 1.807) is 0 Å². The van der Waals surface area contributed by atoms with Crippen LogP contribution in [-0.2, 0) is 6.54 Å². The van der Waals surface area contributed by atoms with Gasteiger partial charge in [-0.15, -0.1) is 0 Å². The van der Waals surface area contributed by atoms with Crippen molar-refractivity contribution in [3.8, 4) is 0 Å². The number of hydrogen-bond donors (Lipinski definition) is 1. The molecular weight excluding hydrogens is 320 g/mol. The molecule has 2 heterocycles. The summed E-state index contributed by atoms with van der Waals surface area (Å²) in [5.41, 5.74) is 2.00. The summed E-state index contributed by atoms with van der Waals surface area (Å²) in [5, 5.41) is 8.12. The minimum atomic E-state index is 0.278. The van der Waals surface area contributed by atoms with Crippen molar-refractivity contribution in [2.24, 2.45) is 10.8 Å². The fraction of sp³-hybridized carbons (Fsp3) is 0.591. The summed E-state index contributed by atoms with van der Waals surface area (Å²) in [6, 6.07) is 13.2. The van der Waals surface area contributed by atoms with Crippen LogP contribution in [0.3, 0.4) is 0 Å². The van der Waals surface area contributed by atoms with Crippen molar-refractivity contribution in [3.63, 3.8) is 0 Å². The van der Waals surface area contributed by atoms with Crippen LogP contribution in [-0.4, -0.2) is 40.9 Å². The van der Waals surface area contributed by atoms with E-state index >= 15 is 0 Å². The van der Waals surface area contributed by atoms with Gasteiger partial charge in [0.15, 0.2) is 0 Å². The van der Waals surface area contributed by atoms with E-state index < -0.39 is 0 Å². The van der Waals surface area contributed by atoms with E-state index in [1.165, 1.54) is 18.5 Å². The van der Waals surface area contributed by atoms with Crippen LogP contribution >= 0.6 is 0 Å². The molecule has 4 heteroatoms. The summed E-state index contributed by atoms with van der Waals surface area (Å²) in [7, 11) is 0. The molecule has 1 N–H and O–H groups in total. The number of rotatable bonds is 7. The fourth-order valence-corrected chi connectivity index (χ4v) is 4.11. The van der Waals surface area contributed by atoms with Crippen molar-refractivity contribution in [1.29, 1.82) is 0 Å². The third-order valence-corrected chi connectivity index (χ3v) is 6.15. The molecular formula is C22H34N4. The number of nitrogens with zero attached hydrogens (tertiary/aromatic N) is 3.